The van der Waals surface area contributed by atoms with E-state index in [0.717, 1.165) is 24.3 Å². The third-order valence-corrected chi connectivity index (χ3v) is 3.02. The lowest BCUT2D eigenvalue weighted by atomic mass is 10.1. The number of benzene rings is 2. The van der Waals surface area contributed by atoms with Crippen LogP contribution in [0.3, 0.4) is 0 Å². The molecule has 0 aliphatic carbocycles. The number of hydrogen-bond acceptors (Lipinski definition) is 3. The minimum absolute atomic E-state index is 0.215. The summed E-state index contributed by atoms with van der Waals surface area (Å²) in [4.78, 5) is 12.2. The molecule has 0 saturated heterocycles. The Morgan fingerprint density at radius 3 is 2.76 bits per heavy atom. The average molecular weight is 279 g/mol. The molecule has 0 unspecified atom stereocenters. The van der Waals surface area contributed by atoms with Crippen LogP contribution in [0, 0.1) is 11.3 Å². The fraction of sp³-hybridized carbons (Fsp3) is 0.176. The van der Waals surface area contributed by atoms with E-state index in [1.54, 1.807) is 24.3 Å². The second-order valence-corrected chi connectivity index (χ2v) is 4.63. The quantitative estimate of drug-likeness (QED) is 0.884. The SMILES string of the molecule is CCNCc1cccc(NC(=O)c2cccc(C#N)c2)c1. The van der Waals surface area contributed by atoms with E-state index < -0.39 is 0 Å². The van der Waals surface area contributed by atoms with Crippen molar-refractivity contribution in [2.75, 3.05) is 11.9 Å². The molecule has 2 aromatic rings. The molecule has 0 spiro atoms. The predicted molar refractivity (Wildman–Crippen MR) is 82.9 cm³/mol. The summed E-state index contributed by atoms with van der Waals surface area (Å²) in [6, 6.07) is 16.4. The lowest BCUT2D eigenvalue weighted by molar-refractivity contribution is 0.102. The van der Waals surface area contributed by atoms with Crippen molar-refractivity contribution in [1.82, 2.24) is 5.32 Å². The van der Waals surface area contributed by atoms with Gasteiger partial charge in [0, 0.05) is 17.8 Å². The molecule has 0 saturated carbocycles. The van der Waals surface area contributed by atoms with Crippen LogP contribution in [0.4, 0.5) is 5.69 Å². The van der Waals surface area contributed by atoms with Crippen molar-refractivity contribution in [3.8, 4) is 6.07 Å². The normalized spacial score (nSPS) is 9.90. The van der Waals surface area contributed by atoms with Gasteiger partial charge in [-0.05, 0) is 42.4 Å². The molecule has 0 bridgehead atoms. The molecule has 0 aliphatic heterocycles. The number of anilines is 1. The number of nitrogens with zero attached hydrogens (tertiary/aromatic N) is 1. The Morgan fingerprint density at radius 1 is 1.19 bits per heavy atom. The molecule has 4 nitrogen and oxygen atoms in total. The van der Waals surface area contributed by atoms with E-state index >= 15 is 0 Å². The Kier molecular flexibility index (Phi) is 5.08. The second-order valence-electron chi connectivity index (χ2n) is 4.63. The standard InChI is InChI=1S/C17H17N3O/c1-2-19-12-14-6-4-8-16(10-14)20-17(21)15-7-3-5-13(9-15)11-18/h3-10,19H,2,12H2,1H3,(H,20,21). The summed E-state index contributed by atoms with van der Waals surface area (Å²) >= 11 is 0. The van der Waals surface area contributed by atoms with Crippen molar-refractivity contribution in [3.63, 3.8) is 0 Å². The van der Waals surface area contributed by atoms with Gasteiger partial charge >= 0.3 is 0 Å². The minimum atomic E-state index is -0.215. The molecule has 0 aliphatic rings. The van der Waals surface area contributed by atoms with Crippen LogP contribution in [-0.4, -0.2) is 12.5 Å². The van der Waals surface area contributed by atoms with Crippen LogP contribution in [0.15, 0.2) is 48.5 Å². The summed E-state index contributed by atoms with van der Waals surface area (Å²) in [5.74, 6) is -0.215. The second kappa shape index (κ2) is 7.22. The summed E-state index contributed by atoms with van der Waals surface area (Å²) in [6.45, 7) is 3.72. The number of nitriles is 1. The van der Waals surface area contributed by atoms with Crippen LogP contribution in [0.25, 0.3) is 0 Å². The Bertz CT molecular complexity index is 674. The zero-order valence-corrected chi connectivity index (χ0v) is 11.9. The summed E-state index contributed by atoms with van der Waals surface area (Å²) < 4.78 is 0. The summed E-state index contributed by atoms with van der Waals surface area (Å²) in [5.41, 5.74) is 2.81. The first-order valence-corrected chi connectivity index (χ1v) is 6.84. The van der Waals surface area contributed by atoms with Crippen molar-refractivity contribution in [2.24, 2.45) is 0 Å². The molecule has 0 aromatic heterocycles. The van der Waals surface area contributed by atoms with Gasteiger partial charge in [0.05, 0.1) is 11.6 Å². The van der Waals surface area contributed by atoms with E-state index in [2.05, 4.69) is 10.6 Å². The minimum Gasteiger partial charge on any atom is -0.322 e. The number of nitrogens with one attached hydrogen (secondary N) is 2. The van der Waals surface area contributed by atoms with Crippen LogP contribution in [0.2, 0.25) is 0 Å². The van der Waals surface area contributed by atoms with Gasteiger partial charge in [-0.2, -0.15) is 5.26 Å². The van der Waals surface area contributed by atoms with Gasteiger partial charge in [-0.3, -0.25) is 4.79 Å². The van der Waals surface area contributed by atoms with Crippen molar-refractivity contribution >= 4 is 11.6 Å². The lowest BCUT2D eigenvalue weighted by Crippen LogP contribution is -2.14. The van der Waals surface area contributed by atoms with Crippen LogP contribution in [-0.2, 0) is 6.54 Å². The van der Waals surface area contributed by atoms with Gasteiger partial charge in [-0.1, -0.05) is 25.1 Å². The van der Waals surface area contributed by atoms with Crippen LogP contribution >= 0.6 is 0 Å². The van der Waals surface area contributed by atoms with E-state index in [1.807, 2.05) is 37.3 Å². The Balaban J connectivity index is 2.10. The number of hydrogen-bond donors (Lipinski definition) is 2. The number of carbonyl (C=O) groups excluding carboxylic acids is 1. The highest BCUT2D eigenvalue weighted by Crippen LogP contribution is 2.13. The molecule has 2 N–H and O–H groups in total. The average Bonchev–Trinajstić information content (AvgIpc) is 2.53. The van der Waals surface area contributed by atoms with E-state index in [1.165, 1.54) is 0 Å². The maximum atomic E-state index is 12.2. The fourth-order valence-electron chi connectivity index (χ4n) is 1.96. The monoisotopic (exact) mass is 279 g/mol. The van der Waals surface area contributed by atoms with Crippen LogP contribution in [0.5, 0.6) is 0 Å². The van der Waals surface area contributed by atoms with E-state index in [4.69, 9.17) is 5.26 Å². The van der Waals surface area contributed by atoms with Gasteiger partial charge in [0.1, 0.15) is 0 Å². The molecular weight excluding hydrogens is 262 g/mol. The third-order valence-electron chi connectivity index (χ3n) is 3.02. The van der Waals surface area contributed by atoms with Crippen molar-refractivity contribution in [3.05, 3.63) is 65.2 Å². The summed E-state index contributed by atoms with van der Waals surface area (Å²) in [6.07, 6.45) is 0. The smallest absolute Gasteiger partial charge is 0.255 e. The first-order valence-electron chi connectivity index (χ1n) is 6.84. The molecule has 2 rings (SSSR count). The molecular formula is C17H17N3O. The highest BCUT2D eigenvalue weighted by atomic mass is 16.1. The first-order chi connectivity index (χ1) is 10.2. The zero-order chi connectivity index (χ0) is 15.1. The van der Waals surface area contributed by atoms with E-state index in [9.17, 15) is 4.79 Å². The largest absolute Gasteiger partial charge is 0.322 e. The van der Waals surface area contributed by atoms with Gasteiger partial charge in [-0.25, -0.2) is 0 Å². The fourth-order valence-corrected chi connectivity index (χ4v) is 1.96. The summed E-state index contributed by atoms with van der Waals surface area (Å²) in [7, 11) is 0. The van der Waals surface area contributed by atoms with Gasteiger partial charge in [0.15, 0.2) is 0 Å². The molecule has 106 valence electrons. The maximum Gasteiger partial charge on any atom is 0.255 e. The molecule has 21 heavy (non-hydrogen) atoms. The van der Waals surface area contributed by atoms with Crippen molar-refractivity contribution < 1.29 is 4.79 Å². The molecule has 0 fully saturated rings. The number of carbonyl (C=O) groups is 1. The zero-order valence-electron chi connectivity index (χ0n) is 11.9. The van der Waals surface area contributed by atoms with Gasteiger partial charge in [-0.15, -0.1) is 0 Å². The maximum absolute atomic E-state index is 12.2. The van der Waals surface area contributed by atoms with Crippen molar-refractivity contribution in [1.29, 1.82) is 5.26 Å². The van der Waals surface area contributed by atoms with Gasteiger partial charge in [0.25, 0.3) is 5.91 Å². The number of rotatable bonds is 5. The van der Waals surface area contributed by atoms with Gasteiger partial charge < -0.3 is 10.6 Å². The summed E-state index contributed by atoms with van der Waals surface area (Å²) in [5, 5.41) is 15.0. The van der Waals surface area contributed by atoms with Crippen molar-refractivity contribution in [2.45, 2.75) is 13.5 Å². The molecule has 0 atom stereocenters. The Hall–Kier alpha value is -2.64. The topological polar surface area (TPSA) is 64.9 Å². The van der Waals surface area contributed by atoms with Gasteiger partial charge in [0.2, 0.25) is 0 Å². The molecule has 1 amide bonds. The Labute approximate surface area is 124 Å². The third kappa shape index (κ3) is 4.16. The molecule has 0 heterocycles. The van der Waals surface area contributed by atoms with E-state index in [-0.39, 0.29) is 5.91 Å². The van der Waals surface area contributed by atoms with Crippen LogP contribution < -0.4 is 10.6 Å². The molecule has 2 aromatic carbocycles. The molecule has 0 radical (unpaired) electrons. The first kappa shape index (κ1) is 14.8. The lowest BCUT2D eigenvalue weighted by Gasteiger charge is -2.08. The van der Waals surface area contributed by atoms with E-state index in [0.29, 0.717) is 11.1 Å². The predicted octanol–water partition coefficient (Wildman–Crippen LogP) is 2.92. The highest BCUT2D eigenvalue weighted by Gasteiger charge is 2.07. The number of amides is 1. The molecule has 4 heteroatoms. The highest BCUT2D eigenvalue weighted by molar-refractivity contribution is 6.04. The Morgan fingerprint density at radius 2 is 2.00 bits per heavy atom. The van der Waals surface area contributed by atoms with Crippen LogP contribution in [0.1, 0.15) is 28.4 Å².